The van der Waals surface area contributed by atoms with E-state index < -0.39 is 17.8 Å². The molecule has 23 heavy (non-hydrogen) atoms. The van der Waals surface area contributed by atoms with Crippen molar-refractivity contribution in [2.45, 2.75) is 38.5 Å². The van der Waals surface area contributed by atoms with Gasteiger partial charge in [-0.15, -0.1) is 10.2 Å². The van der Waals surface area contributed by atoms with E-state index >= 15 is 0 Å². The Balaban J connectivity index is 1.65. The molecule has 0 saturated heterocycles. The van der Waals surface area contributed by atoms with Gasteiger partial charge in [-0.05, 0) is 31.9 Å². The number of carbonyl (C=O) groups is 1. The average molecular weight is 327 g/mol. The molecule has 2 aromatic heterocycles. The summed E-state index contributed by atoms with van der Waals surface area (Å²) in [7, 11) is 0. The average Bonchev–Trinajstić information content (AvgIpc) is 3.23. The lowest BCUT2D eigenvalue weighted by atomic mass is 10.2. The van der Waals surface area contributed by atoms with E-state index in [9.17, 15) is 18.0 Å². The zero-order chi connectivity index (χ0) is 16.6. The van der Waals surface area contributed by atoms with Crippen LogP contribution in [0.3, 0.4) is 0 Å². The fourth-order valence-corrected chi connectivity index (χ4v) is 1.96. The molecule has 0 aliphatic heterocycles. The van der Waals surface area contributed by atoms with Gasteiger partial charge in [-0.2, -0.15) is 13.2 Å². The molecular formula is C14H12F3N3O3. The third-order valence-corrected chi connectivity index (χ3v) is 3.33. The number of esters is 1. The number of aromatic nitrogens is 3. The number of hydrogen-bond donors (Lipinski definition) is 0. The first-order chi connectivity index (χ1) is 10.8. The summed E-state index contributed by atoms with van der Waals surface area (Å²) in [6.45, 7) is 1.07. The molecular weight excluding hydrogens is 315 g/mol. The highest BCUT2D eigenvalue weighted by Crippen LogP contribution is 2.39. The van der Waals surface area contributed by atoms with Crippen molar-refractivity contribution < 1.29 is 27.1 Å². The van der Waals surface area contributed by atoms with Crippen LogP contribution in [0.1, 0.15) is 52.3 Å². The van der Waals surface area contributed by atoms with Gasteiger partial charge in [-0.25, -0.2) is 9.78 Å². The van der Waals surface area contributed by atoms with Crippen LogP contribution in [0.15, 0.2) is 16.5 Å². The van der Waals surface area contributed by atoms with Crippen LogP contribution in [-0.4, -0.2) is 21.2 Å². The molecule has 2 heterocycles. The van der Waals surface area contributed by atoms with Crippen molar-refractivity contribution in [3.8, 4) is 0 Å². The Kier molecular flexibility index (Phi) is 3.78. The lowest BCUT2D eigenvalue weighted by Gasteiger charge is -2.09. The van der Waals surface area contributed by atoms with Gasteiger partial charge in [0.15, 0.2) is 6.61 Å². The molecule has 1 fully saturated rings. The first-order valence-electron chi connectivity index (χ1n) is 6.89. The first-order valence-corrected chi connectivity index (χ1v) is 6.89. The van der Waals surface area contributed by atoms with E-state index in [0.717, 1.165) is 25.0 Å². The third kappa shape index (κ3) is 3.49. The number of alkyl halides is 3. The number of pyridine rings is 1. The molecule has 9 heteroatoms. The predicted molar refractivity (Wildman–Crippen MR) is 69.4 cm³/mol. The zero-order valence-corrected chi connectivity index (χ0v) is 12.1. The number of hydrogen-bond acceptors (Lipinski definition) is 6. The monoisotopic (exact) mass is 327 g/mol. The molecule has 1 aliphatic carbocycles. The summed E-state index contributed by atoms with van der Waals surface area (Å²) >= 11 is 0. The molecule has 0 spiro atoms. The second-order valence-corrected chi connectivity index (χ2v) is 5.21. The topological polar surface area (TPSA) is 78.1 Å². The minimum atomic E-state index is -4.56. The lowest BCUT2D eigenvalue weighted by Crippen LogP contribution is -2.13. The SMILES string of the molecule is Cc1nc(C(F)(F)F)ccc1C(=O)OCc1nnc(C2CC2)o1. The maximum atomic E-state index is 12.5. The summed E-state index contributed by atoms with van der Waals surface area (Å²) in [5.74, 6) is 0.157. The van der Waals surface area contributed by atoms with Crippen molar-refractivity contribution in [2.24, 2.45) is 0 Å². The van der Waals surface area contributed by atoms with Crippen molar-refractivity contribution >= 4 is 5.97 Å². The molecule has 122 valence electrons. The first kappa shape index (κ1) is 15.4. The fourth-order valence-electron chi connectivity index (χ4n) is 1.96. The van der Waals surface area contributed by atoms with Crippen molar-refractivity contribution in [1.82, 2.24) is 15.2 Å². The van der Waals surface area contributed by atoms with E-state index in [0.29, 0.717) is 5.89 Å². The van der Waals surface area contributed by atoms with Crippen LogP contribution in [0.4, 0.5) is 13.2 Å². The molecule has 0 unspecified atom stereocenters. The van der Waals surface area contributed by atoms with Gasteiger partial charge in [0.25, 0.3) is 5.89 Å². The fraction of sp³-hybridized carbons (Fsp3) is 0.429. The molecule has 2 aromatic rings. The van der Waals surface area contributed by atoms with Crippen molar-refractivity contribution in [3.05, 3.63) is 40.9 Å². The van der Waals surface area contributed by atoms with E-state index in [1.54, 1.807) is 0 Å². The van der Waals surface area contributed by atoms with Crippen LogP contribution in [0.2, 0.25) is 0 Å². The normalized spacial score (nSPS) is 14.8. The van der Waals surface area contributed by atoms with Crippen LogP contribution in [0.5, 0.6) is 0 Å². The van der Waals surface area contributed by atoms with Crippen molar-refractivity contribution in [2.75, 3.05) is 0 Å². The molecule has 1 aliphatic rings. The number of carbonyl (C=O) groups excluding carboxylic acids is 1. The molecule has 0 bridgehead atoms. The highest BCUT2D eigenvalue weighted by molar-refractivity contribution is 5.90. The number of ether oxygens (including phenoxy) is 1. The van der Waals surface area contributed by atoms with E-state index in [1.807, 2.05) is 0 Å². The molecule has 0 radical (unpaired) electrons. The summed E-state index contributed by atoms with van der Waals surface area (Å²) in [5.41, 5.74) is -1.16. The van der Waals surface area contributed by atoms with Crippen LogP contribution in [0.25, 0.3) is 0 Å². The summed E-state index contributed by atoms with van der Waals surface area (Å²) in [4.78, 5) is 15.3. The minimum Gasteiger partial charge on any atom is -0.452 e. The molecule has 6 nitrogen and oxygen atoms in total. The van der Waals surface area contributed by atoms with E-state index in [4.69, 9.17) is 9.15 Å². The standard InChI is InChI=1S/C14H12F3N3O3/c1-7-9(4-5-10(18-7)14(15,16)17)13(21)22-6-11-19-20-12(23-11)8-2-3-8/h4-5,8H,2-3,6H2,1H3. The van der Waals surface area contributed by atoms with Crippen LogP contribution in [-0.2, 0) is 17.5 Å². The molecule has 0 aromatic carbocycles. The molecule has 0 N–H and O–H groups in total. The predicted octanol–water partition coefficient (Wildman–Crippen LogP) is 3.03. The second kappa shape index (κ2) is 5.64. The molecule has 0 atom stereocenters. The highest BCUT2D eigenvalue weighted by atomic mass is 19.4. The highest BCUT2D eigenvalue weighted by Gasteiger charge is 2.33. The van der Waals surface area contributed by atoms with Gasteiger partial charge in [0, 0.05) is 5.92 Å². The van der Waals surface area contributed by atoms with Gasteiger partial charge in [0.2, 0.25) is 5.89 Å². The zero-order valence-electron chi connectivity index (χ0n) is 12.1. The Morgan fingerprint density at radius 3 is 2.70 bits per heavy atom. The van der Waals surface area contributed by atoms with E-state index in [-0.39, 0.29) is 29.7 Å². The van der Waals surface area contributed by atoms with Crippen LogP contribution in [0, 0.1) is 6.92 Å². The smallest absolute Gasteiger partial charge is 0.433 e. The second-order valence-electron chi connectivity index (χ2n) is 5.21. The third-order valence-electron chi connectivity index (χ3n) is 3.33. The van der Waals surface area contributed by atoms with Gasteiger partial charge in [-0.3, -0.25) is 0 Å². The Morgan fingerprint density at radius 2 is 2.09 bits per heavy atom. The van der Waals surface area contributed by atoms with Gasteiger partial charge in [0.05, 0.1) is 11.3 Å². The Hall–Kier alpha value is -2.45. The Labute approximate surface area is 128 Å². The van der Waals surface area contributed by atoms with Gasteiger partial charge in [0.1, 0.15) is 5.69 Å². The van der Waals surface area contributed by atoms with Crippen molar-refractivity contribution in [3.63, 3.8) is 0 Å². The molecule has 1 saturated carbocycles. The summed E-state index contributed by atoms with van der Waals surface area (Å²) in [6, 6.07) is 1.78. The lowest BCUT2D eigenvalue weighted by molar-refractivity contribution is -0.141. The Bertz CT molecular complexity index is 738. The van der Waals surface area contributed by atoms with E-state index in [2.05, 4.69) is 15.2 Å². The van der Waals surface area contributed by atoms with Crippen LogP contribution >= 0.6 is 0 Å². The van der Waals surface area contributed by atoms with Gasteiger partial charge in [-0.1, -0.05) is 0 Å². The number of nitrogens with zero attached hydrogens (tertiary/aromatic N) is 3. The van der Waals surface area contributed by atoms with Crippen LogP contribution < -0.4 is 0 Å². The van der Waals surface area contributed by atoms with Crippen molar-refractivity contribution in [1.29, 1.82) is 0 Å². The minimum absolute atomic E-state index is 0.0417. The maximum absolute atomic E-state index is 12.5. The number of halogens is 3. The summed E-state index contributed by atoms with van der Waals surface area (Å²) in [6.07, 6.45) is -2.56. The van der Waals surface area contributed by atoms with Gasteiger partial charge < -0.3 is 9.15 Å². The molecule has 3 rings (SSSR count). The van der Waals surface area contributed by atoms with Gasteiger partial charge >= 0.3 is 12.1 Å². The Morgan fingerprint density at radius 1 is 1.35 bits per heavy atom. The molecule has 0 amide bonds. The number of rotatable bonds is 4. The summed E-state index contributed by atoms with van der Waals surface area (Å²) < 4.78 is 47.9. The maximum Gasteiger partial charge on any atom is 0.433 e. The number of aryl methyl sites for hydroxylation is 1. The summed E-state index contributed by atoms with van der Waals surface area (Å²) in [5, 5.41) is 7.59. The van der Waals surface area contributed by atoms with E-state index in [1.165, 1.54) is 6.92 Å². The quantitative estimate of drug-likeness (QED) is 0.803. The largest absolute Gasteiger partial charge is 0.452 e.